The largest absolute Gasteiger partial charge is 0.566 e. The van der Waals surface area contributed by atoms with Gasteiger partial charge in [-0.25, -0.2) is 0 Å². The molecule has 0 fully saturated rings. The minimum atomic E-state index is -2.99. The molecule has 0 N–H and O–H groups in total. The Morgan fingerprint density at radius 2 is 1.92 bits per heavy atom. The van der Waals surface area contributed by atoms with Crippen LogP contribution in [0, 0.1) is 20.2 Å². The van der Waals surface area contributed by atoms with Crippen molar-refractivity contribution in [2.75, 3.05) is 0 Å². The number of azide groups is 1. The molecule has 0 unspecified atom stereocenters. The monoisotopic (exact) mass is 173 g/mol. The summed E-state index contributed by atoms with van der Waals surface area (Å²) in [6, 6.07) is 0. The molecule has 0 aliphatic carbocycles. The molecule has 0 aromatic carbocycles. The Balaban J connectivity index is 5.32. The maximum Gasteiger partial charge on any atom is 0.566 e. The first kappa shape index (κ1) is 9.85. The molecule has 9 heteroatoms. The summed E-state index contributed by atoms with van der Waals surface area (Å²) in [7, 11) is 0. The van der Waals surface area contributed by atoms with Crippen molar-refractivity contribution >= 4 is 0 Å². The fraction of sp³-hybridized carbons (Fsp3) is 0.333. The van der Waals surface area contributed by atoms with Gasteiger partial charge in [-0.2, -0.15) is 0 Å². The Bertz CT molecular complexity index is 259. The molecular weight excluding hydrogens is 170 g/mol. The van der Waals surface area contributed by atoms with Crippen LogP contribution in [0.25, 0.3) is 10.4 Å². The van der Waals surface area contributed by atoms with Crippen LogP contribution in [0.3, 0.4) is 0 Å². The van der Waals surface area contributed by atoms with Crippen molar-refractivity contribution in [3.05, 3.63) is 43.3 Å². The van der Waals surface area contributed by atoms with Gasteiger partial charge in [-0.05, 0) is 5.53 Å². The highest BCUT2D eigenvalue weighted by molar-refractivity contribution is 4.85. The van der Waals surface area contributed by atoms with Gasteiger partial charge in [-0.3, -0.25) is 20.2 Å². The Morgan fingerprint density at radius 3 is 2.00 bits per heavy atom. The summed E-state index contributed by atoms with van der Waals surface area (Å²) in [6.07, 6.45) is 0.354. The lowest BCUT2D eigenvalue weighted by Gasteiger charge is -2.04. The molecule has 0 radical (unpaired) electrons. The minimum absolute atomic E-state index is 0.354. The Labute approximate surface area is 65.2 Å². The number of hydrogen-bond donors (Lipinski definition) is 0. The highest BCUT2D eigenvalue weighted by Crippen LogP contribution is 2.14. The Morgan fingerprint density at radius 1 is 1.50 bits per heavy atom. The van der Waals surface area contributed by atoms with Crippen LogP contribution < -0.4 is 0 Å². The zero-order valence-corrected chi connectivity index (χ0v) is 5.65. The molecule has 12 heavy (non-hydrogen) atoms. The van der Waals surface area contributed by atoms with Crippen molar-refractivity contribution in [2.45, 2.75) is 5.79 Å². The van der Waals surface area contributed by atoms with Gasteiger partial charge in [0.1, 0.15) is 9.85 Å². The molecular formula is C3H3N5O4. The summed E-state index contributed by atoms with van der Waals surface area (Å²) in [6.45, 7) is 2.85. The van der Waals surface area contributed by atoms with E-state index >= 15 is 0 Å². The van der Waals surface area contributed by atoms with E-state index in [0.29, 0.717) is 6.08 Å². The molecule has 0 aromatic heterocycles. The SMILES string of the molecule is C=CC(N=[N+]=[N-])([N+](=O)[O-])[N+](=O)[O-]. The molecule has 0 atom stereocenters. The quantitative estimate of drug-likeness (QED) is 0.117. The van der Waals surface area contributed by atoms with Crippen LogP contribution in [-0.2, 0) is 0 Å². The van der Waals surface area contributed by atoms with Gasteiger partial charge in [0.05, 0.1) is 11.2 Å². The molecule has 0 bridgehead atoms. The number of nitro groups is 2. The van der Waals surface area contributed by atoms with Gasteiger partial charge in [0.15, 0.2) is 0 Å². The van der Waals surface area contributed by atoms with E-state index < -0.39 is 15.6 Å². The smallest absolute Gasteiger partial charge is 0.258 e. The first-order chi connectivity index (χ1) is 5.51. The van der Waals surface area contributed by atoms with E-state index in [0.717, 1.165) is 0 Å². The normalized spacial score (nSPS) is 9.67. The van der Waals surface area contributed by atoms with Crippen molar-refractivity contribution in [1.82, 2.24) is 0 Å². The zero-order valence-electron chi connectivity index (χ0n) is 5.65. The average Bonchev–Trinajstić information content (AvgIpc) is 1.98. The van der Waals surface area contributed by atoms with Gasteiger partial charge in [-0.15, -0.1) is 0 Å². The summed E-state index contributed by atoms with van der Waals surface area (Å²) in [4.78, 5) is 19.5. The van der Waals surface area contributed by atoms with E-state index in [4.69, 9.17) is 5.53 Å². The first-order valence-electron chi connectivity index (χ1n) is 2.50. The summed E-state index contributed by atoms with van der Waals surface area (Å²) < 4.78 is 0. The second kappa shape index (κ2) is 3.30. The third-order valence-corrected chi connectivity index (χ3v) is 1.00. The van der Waals surface area contributed by atoms with Crippen LogP contribution >= 0.6 is 0 Å². The average molecular weight is 173 g/mol. The molecule has 0 saturated heterocycles. The van der Waals surface area contributed by atoms with E-state index in [9.17, 15) is 20.2 Å². The lowest BCUT2D eigenvalue weighted by Crippen LogP contribution is -2.41. The molecule has 0 saturated carbocycles. The van der Waals surface area contributed by atoms with Crippen LogP contribution in [0.2, 0.25) is 0 Å². The van der Waals surface area contributed by atoms with Gasteiger partial charge in [-0.1, -0.05) is 6.58 Å². The van der Waals surface area contributed by atoms with Gasteiger partial charge in [0.2, 0.25) is 0 Å². The third kappa shape index (κ3) is 1.30. The number of hydrogen-bond acceptors (Lipinski definition) is 5. The maximum atomic E-state index is 10.1. The summed E-state index contributed by atoms with van der Waals surface area (Å²) in [5.74, 6) is -2.99. The summed E-state index contributed by atoms with van der Waals surface area (Å²) in [5.41, 5.74) is 7.83. The van der Waals surface area contributed by atoms with Gasteiger partial charge in [0, 0.05) is 4.91 Å². The molecule has 0 rings (SSSR count). The maximum absolute atomic E-state index is 10.1. The molecule has 0 aliphatic heterocycles. The predicted molar refractivity (Wildman–Crippen MR) is 36.1 cm³/mol. The molecule has 0 aromatic rings. The highest BCUT2D eigenvalue weighted by atomic mass is 16.7. The van der Waals surface area contributed by atoms with E-state index in [1.807, 2.05) is 4.91 Å². The van der Waals surface area contributed by atoms with Crippen LogP contribution in [0.1, 0.15) is 0 Å². The summed E-state index contributed by atoms with van der Waals surface area (Å²) in [5, 5.41) is 22.7. The predicted octanol–water partition coefficient (Wildman–Crippen LogP) is 0.690. The minimum Gasteiger partial charge on any atom is -0.258 e. The standard InChI is InChI=1S/C3H3N5O4/c1-2-3(5-6-4,7(9)10)8(11)12/h2H,1H2. The molecule has 0 aliphatic rings. The van der Waals surface area contributed by atoms with Crippen LogP contribution in [-0.4, -0.2) is 15.6 Å². The highest BCUT2D eigenvalue weighted by Gasteiger charge is 2.53. The molecule has 64 valence electrons. The lowest BCUT2D eigenvalue weighted by molar-refractivity contribution is -0.779. The van der Waals surface area contributed by atoms with Crippen molar-refractivity contribution in [2.24, 2.45) is 5.11 Å². The van der Waals surface area contributed by atoms with Crippen LogP contribution in [0.15, 0.2) is 17.8 Å². The lowest BCUT2D eigenvalue weighted by atomic mass is 10.4. The fourth-order valence-corrected chi connectivity index (χ4v) is 0.395. The second-order valence-corrected chi connectivity index (χ2v) is 1.60. The fourth-order valence-electron chi connectivity index (χ4n) is 0.395. The van der Waals surface area contributed by atoms with Gasteiger partial charge in [0.25, 0.3) is 0 Å². The van der Waals surface area contributed by atoms with Gasteiger partial charge < -0.3 is 0 Å². The molecule has 0 spiro atoms. The van der Waals surface area contributed by atoms with Crippen molar-refractivity contribution in [3.8, 4) is 0 Å². The molecule has 0 amide bonds. The topological polar surface area (TPSA) is 135 Å². The summed E-state index contributed by atoms with van der Waals surface area (Å²) >= 11 is 0. The Kier molecular flexibility index (Phi) is 2.71. The molecule has 9 nitrogen and oxygen atoms in total. The van der Waals surface area contributed by atoms with E-state index in [1.54, 1.807) is 0 Å². The van der Waals surface area contributed by atoms with Gasteiger partial charge >= 0.3 is 5.79 Å². The van der Waals surface area contributed by atoms with E-state index in [1.165, 1.54) is 0 Å². The van der Waals surface area contributed by atoms with Crippen molar-refractivity contribution in [3.63, 3.8) is 0 Å². The number of nitrogens with zero attached hydrogens (tertiary/aromatic N) is 5. The van der Waals surface area contributed by atoms with Crippen molar-refractivity contribution < 1.29 is 9.85 Å². The van der Waals surface area contributed by atoms with Crippen LogP contribution in [0.5, 0.6) is 0 Å². The first-order valence-corrected chi connectivity index (χ1v) is 2.50. The zero-order chi connectivity index (χ0) is 9.78. The van der Waals surface area contributed by atoms with Crippen molar-refractivity contribution in [1.29, 1.82) is 0 Å². The Hall–Kier alpha value is -2.15. The van der Waals surface area contributed by atoms with E-state index in [2.05, 4.69) is 11.7 Å². The molecule has 0 heterocycles. The third-order valence-electron chi connectivity index (χ3n) is 1.00. The van der Waals surface area contributed by atoms with Crippen LogP contribution in [0.4, 0.5) is 0 Å². The second-order valence-electron chi connectivity index (χ2n) is 1.60. The number of rotatable bonds is 4. The van der Waals surface area contributed by atoms with E-state index in [-0.39, 0.29) is 0 Å².